The third kappa shape index (κ3) is 3.98. The van der Waals surface area contributed by atoms with E-state index in [0.29, 0.717) is 23.3 Å². The molecule has 0 bridgehead atoms. The van der Waals surface area contributed by atoms with Gasteiger partial charge in [0.15, 0.2) is 5.78 Å². The van der Waals surface area contributed by atoms with Gasteiger partial charge in [-0.15, -0.1) is 0 Å². The normalized spacial score (nSPS) is 19.7. The second-order valence-corrected chi connectivity index (χ2v) is 7.92. The average Bonchev–Trinajstić information content (AvgIpc) is 2.60. The van der Waals surface area contributed by atoms with Crippen LogP contribution in [-0.2, 0) is 14.3 Å². The fourth-order valence-corrected chi connectivity index (χ4v) is 3.92. The first kappa shape index (κ1) is 20.2. The Balaban J connectivity index is 2.18. The average molecular weight is 383 g/mol. The van der Waals surface area contributed by atoms with Crippen molar-refractivity contribution in [3.05, 3.63) is 52.4 Å². The van der Waals surface area contributed by atoms with E-state index in [4.69, 9.17) is 9.47 Å². The first-order valence-corrected chi connectivity index (χ1v) is 10.00. The summed E-state index contributed by atoms with van der Waals surface area (Å²) < 4.78 is 11.6. The molecular formula is C23H29NO4. The zero-order chi connectivity index (χ0) is 20.4. The molecule has 1 atom stereocenters. The van der Waals surface area contributed by atoms with Crippen molar-refractivity contribution in [2.75, 3.05) is 0 Å². The van der Waals surface area contributed by atoms with Gasteiger partial charge in [0.2, 0.25) is 0 Å². The van der Waals surface area contributed by atoms with E-state index in [0.717, 1.165) is 29.8 Å². The number of benzene rings is 1. The molecule has 1 heterocycles. The van der Waals surface area contributed by atoms with E-state index < -0.39 is 11.9 Å². The molecule has 0 amide bonds. The topological polar surface area (TPSA) is 64.6 Å². The second kappa shape index (κ2) is 8.21. The lowest BCUT2D eigenvalue weighted by atomic mass is 9.75. The van der Waals surface area contributed by atoms with Crippen molar-refractivity contribution >= 4 is 11.8 Å². The molecular weight excluding hydrogens is 354 g/mol. The van der Waals surface area contributed by atoms with E-state index in [1.807, 2.05) is 58.9 Å². The SMILES string of the molecule is CC1=C(C(=O)OC(C)C)C(c2ccccc2OC(C)C)C2=C(CCCC2=O)N1. The summed E-state index contributed by atoms with van der Waals surface area (Å²) in [5.41, 5.74) is 3.65. The van der Waals surface area contributed by atoms with Gasteiger partial charge < -0.3 is 14.8 Å². The summed E-state index contributed by atoms with van der Waals surface area (Å²) in [4.78, 5) is 26.0. The minimum atomic E-state index is -0.481. The van der Waals surface area contributed by atoms with Crippen LogP contribution < -0.4 is 10.1 Å². The second-order valence-electron chi connectivity index (χ2n) is 7.92. The van der Waals surface area contributed by atoms with Gasteiger partial charge in [-0.25, -0.2) is 4.79 Å². The van der Waals surface area contributed by atoms with Crippen molar-refractivity contribution in [3.63, 3.8) is 0 Å². The number of ether oxygens (including phenoxy) is 2. The molecule has 5 heteroatoms. The molecule has 0 fully saturated rings. The molecule has 0 aromatic heterocycles. The lowest BCUT2D eigenvalue weighted by Gasteiger charge is -2.35. The van der Waals surface area contributed by atoms with Gasteiger partial charge in [0, 0.05) is 29.0 Å². The number of esters is 1. The third-order valence-corrected chi connectivity index (χ3v) is 4.93. The van der Waals surface area contributed by atoms with Gasteiger partial charge in [0.05, 0.1) is 23.7 Å². The summed E-state index contributed by atoms with van der Waals surface area (Å²) in [7, 11) is 0. The molecule has 1 aliphatic heterocycles. The number of carbonyl (C=O) groups is 2. The molecule has 150 valence electrons. The van der Waals surface area contributed by atoms with Crippen molar-refractivity contribution < 1.29 is 19.1 Å². The van der Waals surface area contributed by atoms with Crippen LogP contribution in [0, 0.1) is 0 Å². The minimum Gasteiger partial charge on any atom is -0.491 e. The molecule has 5 nitrogen and oxygen atoms in total. The van der Waals surface area contributed by atoms with Crippen LogP contribution in [0.25, 0.3) is 0 Å². The molecule has 0 radical (unpaired) electrons. The van der Waals surface area contributed by atoms with E-state index in [-0.39, 0.29) is 18.0 Å². The van der Waals surface area contributed by atoms with E-state index in [1.165, 1.54) is 0 Å². The quantitative estimate of drug-likeness (QED) is 0.764. The highest BCUT2D eigenvalue weighted by molar-refractivity contribution is 6.04. The van der Waals surface area contributed by atoms with Gasteiger partial charge in [-0.2, -0.15) is 0 Å². The molecule has 2 aliphatic rings. The van der Waals surface area contributed by atoms with Crippen LogP contribution in [-0.4, -0.2) is 24.0 Å². The molecule has 0 spiro atoms. The number of carbonyl (C=O) groups excluding carboxylic acids is 2. The maximum Gasteiger partial charge on any atom is 0.337 e. The van der Waals surface area contributed by atoms with Gasteiger partial charge in [-0.1, -0.05) is 18.2 Å². The highest BCUT2D eigenvalue weighted by Crippen LogP contribution is 2.45. The number of para-hydroxylation sites is 1. The van der Waals surface area contributed by atoms with E-state index >= 15 is 0 Å². The largest absolute Gasteiger partial charge is 0.491 e. The Morgan fingerprint density at radius 2 is 1.82 bits per heavy atom. The standard InChI is InChI=1S/C23H29NO4/c1-13(2)27-19-12-7-6-9-16(19)21-20(23(26)28-14(3)4)15(5)24-17-10-8-11-18(25)22(17)21/h6-7,9,12-14,21,24H,8,10-11H2,1-5H3. The smallest absolute Gasteiger partial charge is 0.337 e. The van der Waals surface area contributed by atoms with Gasteiger partial charge in [-0.05, 0) is 53.5 Å². The predicted molar refractivity (Wildman–Crippen MR) is 108 cm³/mol. The molecule has 0 saturated heterocycles. The number of dihydropyridines is 1. The zero-order valence-corrected chi connectivity index (χ0v) is 17.3. The van der Waals surface area contributed by atoms with Crippen LogP contribution in [0.4, 0.5) is 0 Å². The number of rotatable bonds is 5. The summed E-state index contributed by atoms with van der Waals surface area (Å²) >= 11 is 0. The van der Waals surface area contributed by atoms with Crippen LogP contribution in [0.3, 0.4) is 0 Å². The van der Waals surface area contributed by atoms with Gasteiger partial charge >= 0.3 is 5.97 Å². The van der Waals surface area contributed by atoms with Crippen LogP contribution in [0.2, 0.25) is 0 Å². The molecule has 0 saturated carbocycles. The highest BCUT2D eigenvalue weighted by Gasteiger charge is 2.40. The molecule has 3 rings (SSSR count). The molecule has 1 N–H and O–H groups in total. The van der Waals surface area contributed by atoms with Crippen LogP contribution in [0.5, 0.6) is 5.75 Å². The molecule has 1 unspecified atom stereocenters. The summed E-state index contributed by atoms with van der Waals surface area (Å²) in [6, 6.07) is 7.66. The van der Waals surface area contributed by atoms with Gasteiger partial charge in [0.25, 0.3) is 0 Å². The number of Topliss-reactive ketones (excluding diaryl/α,β-unsaturated/α-hetero) is 1. The first-order valence-electron chi connectivity index (χ1n) is 10.00. The maximum atomic E-state index is 13.0. The molecule has 1 aromatic rings. The van der Waals surface area contributed by atoms with Gasteiger partial charge in [0.1, 0.15) is 5.75 Å². The van der Waals surface area contributed by atoms with Crippen molar-refractivity contribution in [2.24, 2.45) is 0 Å². The fourth-order valence-electron chi connectivity index (χ4n) is 3.92. The number of allylic oxidation sites excluding steroid dienone is 3. The van der Waals surface area contributed by atoms with Gasteiger partial charge in [-0.3, -0.25) is 4.79 Å². The zero-order valence-electron chi connectivity index (χ0n) is 17.3. The van der Waals surface area contributed by atoms with E-state index in [1.54, 1.807) is 0 Å². The lowest BCUT2D eigenvalue weighted by molar-refractivity contribution is -0.143. The fraction of sp³-hybridized carbons (Fsp3) is 0.478. The summed E-state index contributed by atoms with van der Waals surface area (Å²) in [5, 5.41) is 3.31. The Morgan fingerprint density at radius 3 is 2.50 bits per heavy atom. The summed E-state index contributed by atoms with van der Waals surface area (Å²) in [6.07, 6.45) is 1.85. The first-order chi connectivity index (χ1) is 13.3. The Hall–Kier alpha value is -2.56. The van der Waals surface area contributed by atoms with E-state index in [9.17, 15) is 9.59 Å². The van der Waals surface area contributed by atoms with Crippen LogP contribution in [0.15, 0.2) is 46.8 Å². The lowest BCUT2D eigenvalue weighted by Crippen LogP contribution is -2.35. The Labute approximate surface area is 166 Å². The minimum absolute atomic E-state index is 0.0190. The van der Waals surface area contributed by atoms with Crippen LogP contribution in [0.1, 0.15) is 65.4 Å². The summed E-state index contributed by atoms with van der Waals surface area (Å²) in [6.45, 7) is 9.45. The Kier molecular flexibility index (Phi) is 5.92. The maximum absolute atomic E-state index is 13.0. The van der Waals surface area contributed by atoms with Crippen LogP contribution >= 0.6 is 0 Å². The highest BCUT2D eigenvalue weighted by atomic mass is 16.5. The monoisotopic (exact) mass is 383 g/mol. The number of ketones is 1. The van der Waals surface area contributed by atoms with Crippen molar-refractivity contribution in [3.8, 4) is 5.75 Å². The number of hydrogen-bond acceptors (Lipinski definition) is 5. The molecule has 1 aromatic carbocycles. The Bertz CT molecular complexity index is 848. The van der Waals surface area contributed by atoms with E-state index in [2.05, 4.69) is 5.32 Å². The van der Waals surface area contributed by atoms with Crippen molar-refractivity contribution in [1.82, 2.24) is 5.32 Å². The Morgan fingerprint density at radius 1 is 1.11 bits per heavy atom. The summed E-state index contributed by atoms with van der Waals surface area (Å²) in [5.74, 6) is -0.0998. The third-order valence-electron chi connectivity index (χ3n) is 4.93. The van der Waals surface area contributed by atoms with Crippen molar-refractivity contribution in [1.29, 1.82) is 0 Å². The number of nitrogens with one attached hydrogen (secondary N) is 1. The molecule has 28 heavy (non-hydrogen) atoms. The number of hydrogen-bond donors (Lipinski definition) is 1. The molecule has 1 aliphatic carbocycles. The predicted octanol–water partition coefficient (Wildman–Crippen LogP) is 4.39. The van der Waals surface area contributed by atoms with Crippen molar-refractivity contribution in [2.45, 2.75) is 72.0 Å².